The van der Waals surface area contributed by atoms with E-state index < -0.39 is 0 Å². The molecule has 0 atom stereocenters. The highest BCUT2D eigenvalue weighted by molar-refractivity contribution is 6.08. The molecule has 0 aliphatic rings. The van der Waals surface area contributed by atoms with Gasteiger partial charge in [0.25, 0.3) is 5.91 Å². The molecule has 0 saturated carbocycles. The Kier molecular flexibility index (Phi) is 5.11. The summed E-state index contributed by atoms with van der Waals surface area (Å²) in [6.07, 6.45) is 1.58. The lowest BCUT2D eigenvalue weighted by Crippen LogP contribution is -2.17. The first-order chi connectivity index (χ1) is 10.3. The van der Waals surface area contributed by atoms with Crippen LogP contribution >= 0.6 is 0 Å². The van der Waals surface area contributed by atoms with Gasteiger partial charge in [0.2, 0.25) is 0 Å². The molecular formula is C15H17N3O3. The molecule has 6 nitrogen and oxygen atoms in total. The third-order valence-corrected chi connectivity index (χ3v) is 2.81. The number of pyridine rings is 1. The highest BCUT2D eigenvalue weighted by Crippen LogP contribution is 2.24. The van der Waals surface area contributed by atoms with Crippen LogP contribution in [0.25, 0.3) is 0 Å². The third kappa shape index (κ3) is 3.70. The first kappa shape index (κ1) is 14.8. The van der Waals surface area contributed by atoms with Crippen molar-refractivity contribution < 1.29 is 14.6 Å². The van der Waals surface area contributed by atoms with Gasteiger partial charge in [-0.25, -0.2) is 4.98 Å². The average Bonchev–Trinajstić information content (AvgIpc) is 2.53. The van der Waals surface area contributed by atoms with Crippen LogP contribution in [0, 0.1) is 0 Å². The van der Waals surface area contributed by atoms with Crippen molar-refractivity contribution in [3.63, 3.8) is 0 Å². The van der Waals surface area contributed by atoms with Crippen molar-refractivity contribution >= 4 is 17.4 Å². The van der Waals surface area contributed by atoms with Crippen LogP contribution in [0.4, 0.5) is 11.5 Å². The van der Waals surface area contributed by atoms with E-state index in [9.17, 15) is 4.79 Å². The maximum atomic E-state index is 12.4. The van der Waals surface area contributed by atoms with E-state index in [1.54, 1.807) is 37.6 Å². The number of rotatable bonds is 6. The highest BCUT2D eigenvalue weighted by Gasteiger charge is 2.13. The first-order valence-electron chi connectivity index (χ1n) is 6.50. The van der Waals surface area contributed by atoms with Gasteiger partial charge in [0, 0.05) is 12.7 Å². The maximum absolute atomic E-state index is 12.4. The molecule has 0 unspecified atom stereocenters. The zero-order valence-corrected chi connectivity index (χ0v) is 11.7. The van der Waals surface area contributed by atoms with Crippen molar-refractivity contribution in [1.82, 2.24) is 4.98 Å². The molecule has 2 rings (SSSR count). The number of para-hydroxylation sites is 2. The monoisotopic (exact) mass is 287 g/mol. The Morgan fingerprint density at radius 2 is 2.10 bits per heavy atom. The zero-order valence-electron chi connectivity index (χ0n) is 11.7. The molecule has 0 aliphatic heterocycles. The number of carbonyl (C=O) groups excluding carboxylic acids is 1. The van der Waals surface area contributed by atoms with Crippen LogP contribution in [-0.4, -0.2) is 36.3 Å². The van der Waals surface area contributed by atoms with E-state index in [1.165, 1.54) is 0 Å². The van der Waals surface area contributed by atoms with Crippen LogP contribution in [0.3, 0.4) is 0 Å². The fourth-order valence-corrected chi connectivity index (χ4v) is 1.84. The van der Waals surface area contributed by atoms with Crippen LogP contribution < -0.4 is 15.4 Å². The lowest BCUT2D eigenvalue weighted by molar-refractivity contribution is 0.102. The number of nitrogens with zero attached hydrogens (tertiary/aromatic N) is 1. The number of ether oxygens (including phenoxy) is 1. The van der Waals surface area contributed by atoms with Crippen LogP contribution in [0.15, 0.2) is 42.6 Å². The summed E-state index contributed by atoms with van der Waals surface area (Å²) in [6, 6.07) is 10.5. The van der Waals surface area contributed by atoms with Crippen LogP contribution in [0.1, 0.15) is 10.4 Å². The average molecular weight is 287 g/mol. The van der Waals surface area contributed by atoms with E-state index >= 15 is 0 Å². The van der Waals surface area contributed by atoms with Crippen LogP contribution in [0.5, 0.6) is 5.75 Å². The predicted molar refractivity (Wildman–Crippen MR) is 80.8 cm³/mol. The molecule has 110 valence electrons. The molecule has 1 amide bonds. The minimum absolute atomic E-state index is 0.0376. The van der Waals surface area contributed by atoms with Gasteiger partial charge < -0.3 is 20.5 Å². The van der Waals surface area contributed by atoms with Crippen molar-refractivity contribution in [2.75, 3.05) is 30.9 Å². The number of nitrogens with one attached hydrogen (secondary N) is 2. The van der Waals surface area contributed by atoms with Gasteiger partial charge in [-0.05, 0) is 24.3 Å². The summed E-state index contributed by atoms with van der Waals surface area (Å²) in [5, 5.41) is 14.5. The smallest absolute Gasteiger partial charge is 0.259 e. The number of anilines is 2. The Balaban J connectivity index is 2.20. The topological polar surface area (TPSA) is 83.5 Å². The lowest BCUT2D eigenvalue weighted by atomic mass is 10.2. The molecule has 21 heavy (non-hydrogen) atoms. The maximum Gasteiger partial charge on any atom is 0.259 e. The second kappa shape index (κ2) is 7.25. The van der Waals surface area contributed by atoms with E-state index in [-0.39, 0.29) is 12.5 Å². The van der Waals surface area contributed by atoms with E-state index in [2.05, 4.69) is 15.6 Å². The Hall–Kier alpha value is -2.60. The first-order valence-corrected chi connectivity index (χ1v) is 6.50. The van der Waals surface area contributed by atoms with Gasteiger partial charge in [0.1, 0.15) is 11.6 Å². The predicted octanol–water partition coefficient (Wildman–Crippen LogP) is 1.75. The van der Waals surface area contributed by atoms with Crippen molar-refractivity contribution in [3.05, 3.63) is 48.2 Å². The molecule has 0 bridgehead atoms. The zero-order chi connectivity index (χ0) is 15.1. The minimum Gasteiger partial charge on any atom is -0.495 e. The van der Waals surface area contributed by atoms with Gasteiger partial charge in [0.15, 0.2) is 0 Å². The van der Waals surface area contributed by atoms with Gasteiger partial charge in [-0.15, -0.1) is 0 Å². The summed E-state index contributed by atoms with van der Waals surface area (Å²) in [5.74, 6) is 0.714. The third-order valence-electron chi connectivity index (χ3n) is 2.81. The molecule has 0 saturated heterocycles. The standard InChI is InChI=1S/C15H17N3O3/c1-21-13-7-3-2-6-12(13)18-15(20)11-5-4-8-16-14(11)17-9-10-19/h2-8,19H,9-10H2,1H3,(H,16,17)(H,18,20). The summed E-state index contributed by atoms with van der Waals surface area (Å²) in [6.45, 7) is 0.288. The molecule has 1 aromatic carbocycles. The second-order valence-corrected chi connectivity index (χ2v) is 4.20. The Labute approximate surface area is 122 Å². The molecule has 2 aromatic rings. The molecule has 1 heterocycles. The van der Waals surface area contributed by atoms with Crippen LogP contribution in [-0.2, 0) is 0 Å². The quantitative estimate of drug-likeness (QED) is 0.754. The molecule has 0 spiro atoms. The number of aromatic nitrogens is 1. The van der Waals surface area contributed by atoms with Gasteiger partial charge in [0.05, 0.1) is 25.0 Å². The summed E-state index contributed by atoms with van der Waals surface area (Å²) >= 11 is 0. The molecule has 0 fully saturated rings. The fourth-order valence-electron chi connectivity index (χ4n) is 1.84. The number of aliphatic hydroxyl groups is 1. The largest absolute Gasteiger partial charge is 0.495 e. The summed E-state index contributed by atoms with van der Waals surface area (Å²) < 4.78 is 5.20. The normalized spacial score (nSPS) is 10.0. The summed E-state index contributed by atoms with van der Waals surface area (Å²) in [5.41, 5.74) is 0.985. The number of methoxy groups -OCH3 is 1. The number of hydrogen-bond donors (Lipinski definition) is 3. The highest BCUT2D eigenvalue weighted by atomic mass is 16.5. The molecule has 0 aliphatic carbocycles. The van der Waals surface area contributed by atoms with E-state index in [4.69, 9.17) is 9.84 Å². The van der Waals surface area contributed by atoms with Gasteiger partial charge in [-0.1, -0.05) is 12.1 Å². The number of amides is 1. The number of hydrogen-bond acceptors (Lipinski definition) is 5. The Bertz CT molecular complexity index is 617. The number of benzene rings is 1. The Morgan fingerprint density at radius 1 is 1.29 bits per heavy atom. The molecule has 0 radical (unpaired) electrons. The van der Waals surface area contributed by atoms with Crippen LogP contribution in [0.2, 0.25) is 0 Å². The van der Waals surface area contributed by atoms with Gasteiger partial charge >= 0.3 is 0 Å². The minimum atomic E-state index is -0.298. The number of aliphatic hydroxyl groups excluding tert-OH is 1. The summed E-state index contributed by atoms with van der Waals surface area (Å²) in [4.78, 5) is 16.5. The van der Waals surface area contributed by atoms with E-state index in [0.29, 0.717) is 29.4 Å². The number of carbonyl (C=O) groups is 1. The van der Waals surface area contributed by atoms with Crippen molar-refractivity contribution in [2.45, 2.75) is 0 Å². The van der Waals surface area contributed by atoms with E-state index in [1.807, 2.05) is 12.1 Å². The van der Waals surface area contributed by atoms with Gasteiger partial charge in [-0.3, -0.25) is 4.79 Å². The van der Waals surface area contributed by atoms with Gasteiger partial charge in [-0.2, -0.15) is 0 Å². The van der Waals surface area contributed by atoms with Crippen molar-refractivity contribution in [3.8, 4) is 5.75 Å². The Morgan fingerprint density at radius 3 is 2.86 bits per heavy atom. The molecule has 1 aromatic heterocycles. The lowest BCUT2D eigenvalue weighted by Gasteiger charge is -2.12. The fraction of sp³-hybridized carbons (Fsp3) is 0.200. The van der Waals surface area contributed by atoms with Crippen molar-refractivity contribution in [1.29, 1.82) is 0 Å². The second-order valence-electron chi connectivity index (χ2n) is 4.20. The van der Waals surface area contributed by atoms with E-state index in [0.717, 1.165) is 0 Å². The summed E-state index contributed by atoms with van der Waals surface area (Å²) in [7, 11) is 1.54. The molecule has 6 heteroatoms. The SMILES string of the molecule is COc1ccccc1NC(=O)c1cccnc1NCCO. The molecular weight excluding hydrogens is 270 g/mol. The molecule has 3 N–H and O–H groups in total. The van der Waals surface area contributed by atoms with Crippen molar-refractivity contribution in [2.24, 2.45) is 0 Å².